The molecule has 7 nitrogen and oxygen atoms in total. The Balaban J connectivity index is 0.00000280. The maximum Gasteiger partial charge on any atom is 0.211 e. The number of benzene rings is 2. The molecule has 148 valence electrons. The normalized spacial score (nSPS) is 11.6. The molecule has 3 N–H and O–H groups in total. The van der Waals surface area contributed by atoms with Crippen molar-refractivity contribution in [3.63, 3.8) is 0 Å². The van der Waals surface area contributed by atoms with Gasteiger partial charge >= 0.3 is 0 Å². The van der Waals surface area contributed by atoms with Gasteiger partial charge in [-0.2, -0.15) is 5.10 Å². The number of rotatable bonds is 5. The Morgan fingerprint density at radius 1 is 1.11 bits per heavy atom. The number of aromatic nitrogens is 1. The molecule has 2 aromatic carbocycles. The van der Waals surface area contributed by atoms with Gasteiger partial charge in [0.05, 0.1) is 18.5 Å². The minimum absolute atomic E-state index is 0. The zero-order valence-electron chi connectivity index (χ0n) is 15.2. The van der Waals surface area contributed by atoms with Gasteiger partial charge < -0.3 is 20.1 Å². The van der Waals surface area contributed by atoms with Gasteiger partial charge in [-0.15, -0.1) is 23.7 Å². The number of phenolic OH excluding ortho intramolecular Hbond substituents is 3. The van der Waals surface area contributed by atoms with E-state index >= 15 is 0 Å². The second-order valence-electron chi connectivity index (χ2n) is 5.60. The maximum absolute atomic E-state index is 9.93. The van der Waals surface area contributed by atoms with Gasteiger partial charge in [0, 0.05) is 10.9 Å². The molecule has 0 fully saturated rings. The summed E-state index contributed by atoms with van der Waals surface area (Å²) >= 11 is 1.42. The maximum atomic E-state index is 9.93. The number of phenols is 3. The first kappa shape index (κ1) is 21.3. The summed E-state index contributed by atoms with van der Waals surface area (Å²) in [5, 5.41) is 35.2. The van der Waals surface area contributed by atoms with Gasteiger partial charge in [-0.1, -0.05) is 12.1 Å². The van der Waals surface area contributed by atoms with Crippen molar-refractivity contribution < 1.29 is 20.1 Å². The highest BCUT2D eigenvalue weighted by Crippen LogP contribution is 2.36. The summed E-state index contributed by atoms with van der Waals surface area (Å²) in [6, 6.07) is 10.2. The third-order valence-corrected chi connectivity index (χ3v) is 4.64. The summed E-state index contributed by atoms with van der Waals surface area (Å²) in [5.74, 6) is -0.733. The Labute approximate surface area is 171 Å². The SMILES string of the molecule is CCOc1ccccc1N=c1scc(C)n1/N=C/c1ccc(O)c(O)c1O.Cl. The molecule has 0 aliphatic carbocycles. The van der Waals surface area contributed by atoms with Gasteiger partial charge in [-0.25, -0.2) is 9.67 Å². The molecule has 0 aliphatic heterocycles. The van der Waals surface area contributed by atoms with E-state index in [-0.39, 0.29) is 18.0 Å². The third kappa shape index (κ3) is 4.47. The van der Waals surface area contributed by atoms with Crippen LogP contribution in [0.3, 0.4) is 0 Å². The Morgan fingerprint density at radius 3 is 2.61 bits per heavy atom. The van der Waals surface area contributed by atoms with Gasteiger partial charge in [0.15, 0.2) is 11.5 Å². The van der Waals surface area contributed by atoms with Crippen LogP contribution >= 0.6 is 23.7 Å². The highest BCUT2D eigenvalue weighted by molar-refractivity contribution is 7.07. The van der Waals surface area contributed by atoms with E-state index in [4.69, 9.17) is 4.74 Å². The van der Waals surface area contributed by atoms with E-state index in [1.54, 1.807) is 4.68 Å². The first-order valence-corrected chi connectivity index (χ1v) is 9.11. The highest BCUT2D eigenvalue weighted by Gasteiger charge is 2.10. The Bertz CT molecular complexity index is 1060. The molecule has 0 bridgehead atoms. The van der Waals surface area contributed by atoms with E-state index < -0.39 is 17.2 Å². The largest absolute Gasteiger partial charge is 0.504 e. The fourth-order valence-electron chi connectivity index (χ4n) is 2.34. The standard InChI is InChI=1S/C19H19N3O4S.ClH/c1-3-26-16-7-5-4-6-14(16)21-19-22(12(2)11-27-19)20-10-13-8-9-15(23)18(25)17(13)24;/h4-11,23-25H,3H2,1-2H3;1H/b20-10+,21-19?;. The molecule has 3 aromatic rings. The minimum atomic E-state index is -0.582. The molecule has 0 saturated heterocycles. The lowest BCUT2D eigenvalue weighted by Crippen LogP contribution is -2.11. The third-order valence-electron chi connectivity index (χ3n) is 3.70. The van der Waals surface area contributed by atoms with Crippen LogP contribution in [-0.2, 0) is 0 Å². The Kier molecular flexibility index (Phi) is 7.08. The van der Waals surface area contributed by atoms with Crippen LogP contribution in [0.4, 0.5) is 5.69 Å². The number of thiazole rings is 1. The number of para-hydroxylation sites is 2. The molecular weight excluding hydrogens is 402 g/mol. The summed E-state index contributed by atoms with van der Waals surface area (Å²) < 4.78 is 7.23. The Morgan fingerprint density at radius 2 is 1.86 bits per heavy atom. The molecular formula is C19H20ClN3O4S. The fraction of sp³-hybridized carbons (Fsp3) is 0.158. The first-order valence-electron chi connectivity index (χ1n) is 8.23. The molecule has 0 radical (unpaired) electrons. The molecule has 0 atom stereocenters. The summed E-state index contributed by atoms with van der Waals surface area (Å²) in [5.41, 5.74) is 1.81. The molecule has 9 heteroatoms. The summed E-state index contributed by atoms with van der Waals surface area (Å²) in [4.78, 5) is 5.26. The molecule has 1 heterocycles. The van der Waals surface area contributed by atoms with Gasteiger partial charge in [-0.05, 0) is 38.1 Å². The zero-order chi connectivity index (χ0) is 19.4. The quantitative estimate of drug-likeness (QED) is 0.429. The van der Waals surface area contributed by atoms with Crippen LogP contribution in [0.2, 0.25) is 0 Å². The van der Waals surface area contributed by atoms with Crippen molar-refractivity contribution in [2.45, 2.75) is 13.8 Å². The molecule has 3 rings (SSSR count). The molecule has 0 unspecified atom stereocenters. The van der Waals surface area contributed by atoms with Gasteiger partial charge in [0.25, 0.3) is 0 Å². The van der Waals surface area contributed by atoms with Crippen LogP contribution in [0.1, 0.15) is 18.2 Å². The lowest BCUT2D eigenvalue weighted by atomic mass is 10.2. The van der Waals surface area contributed by atoms with Crippen molar-refractivity contribution in [2.24, 2.45) is 10.1 Å². The lowest BCUT2D eigenvalue weighted by Gasteiger charge is -2.06. The smallest absolute Gasteiger partial charge is 0.211 e. The Hall–Kier alpha value is -2.97. The molecule has 0 aliphatic rings. The van der Waals surface area contributed by atoms with Crippen LogP contribution in [0.25, 0.3) is 0 Å². The molecule has 1 aromatic heterocycles. The number of halogens is 1. The first-order chi connectivity index (χ1) is 13.0. The molecule has 28 heavy (non-hydrogen) atoms. The van der Waals surface area contributed by atoms with Gasteiger partial charge in [-0.3, -0.25) is 0 Å². The number of hydrogen-bond donors (Lipinski definition) is 3. The predicted molar refractivity (Wildman–Crippen MR) is 112 cm³/mol. The minimum Gasteiger partial charge on any atom is -0.504 e. The van der Waals surface area contributed by atoms with E-state index in [0.29, 0.717) is 22.8 Å². The van der Waals surface area contributed by atoms with Crippen molar-refractivity contribution >= 4 is 35.6 Å². The average Bonchev–Trinajstić information content (AvgIpc) is 3.01. The monoisotopic (exact) mass is 421 g/mol. The second-order valence-corrected chi connectivity index (χ2v) is 6.44. The topological polar surface area (TPSA) is 99.6 Å². The fourth-order valence-corrected chi connectivity index (χ4v) is 3.16. The van der Waals surface area contributed by atoms with Crippen molar-refractivity contribution in [3.05, 3.63) is 57.8 Å². The van der Waals surface area contributed by atoms with Crippen molar-refractivity contribution in [3.8, 4) is 23.0 Å². The van der Waals surface area contributed by atoms with Crippen LogP contribution < -0.4 is 9.54 Å². The molecule has 0 spiro atoms. The average molecular weight is 422 g/mol. The van der Waals surface area contributed by atoms with Gasteiger partial charge in [0.2, 0.25) is 10.6 Å². The highest BCUT2D eigenvalue weighted by atomic mass is 35.5. The number of aromatic hydroxyl groups is 3. The van der Waals surface area contributed by atoms with Gasteiger partial charge in [0.1, 0.15) is 11.4 Å². The van der Waals surface area contributed by atoms with Crippen molar-refractivity contribution in [2.75, 3.05) is 6.61 Å². The lowest BCUT2D eigenvalue weighted by molar-refractivity contribution is 0.341. The molecule has 0 amide bonds. The van der Waals surface area contributed by atoms with Crippen molar-refractivity contribution in [1.82, 2.24) is 4.68 Å². The van der Waals surface area contributed by atoms with Crippen molar-refractivity contribution in [1.29, 1.82) is 0 Å². The van der Waals surface area contributed by atoms with Crippen LogP contribution in [-0.4, -0.2) is 32.8 Å². The number of nitrogens with zero attached hydrogens (tertiary/aromatic N) is 3. The predicted octanol–water partition coefficient (Wildman–Crippen LogP) is 3.91. The summed E-state index contributed by atoms with van der Waals surface area (Å²) in [6.45, 7) is 4.34. The number of hydrogen-bond acceptors (Lipinski definition) is 7. The van der Waals surface area contributed by atoms with E-state index in [0.717, 1.165) is 5.69 Å². The van der Waals surface area contributed by atoms with E-state index in [1.165, 1.54) is 29.7 Å². The van der Waals surface area contributed by atoms with E-state index in [9.17, 15) is 15.3 Å². The van der Waals surface area contributed by atoms with E-state index in [1.807, 2.05) is 43.5 Å². The zero-order valence-corrected chi connectivity index (χ0v) is 16.9. The van der Waals surface area contributed by atoms with Crippen LogP contribution in [0.15, 0.2) is 51.9 Å². The number of aryl methyl sites for hydroxylation is 1. The molecule has 0 saturated carbocycles. The van der Waals surface area contributed by atoms with Crippen LogP contribution in [0, 0.1) is 6.92 Å². The number of ether oxygens (including phenoxy) is 1. The van der Waals surface area contributed by atoms with Crippen LogP contribution in [0.5, 0.6) is 23.0 Å². The van der Waals surface area contributed by atoms with E-state index in [2.05, 4.69) is 10.1 Å². The summed E-state index contributed by atoms with van der Waals surface area (Å²) in [7, 11) is 0. The second kappa shape index (κ2) is 9.29. The summed E-state index contributed by atoms with van der Waals surface area (Å²) in [6.07, 6.45) is 1.39.